The molecule has 0 saturated heterocycles. The van der Waals surface area contributed by atoms with Crippen LogP contribution in [-0.4, -0.2) is 32.4 Å². The Morgan fingerprint density at radius 3 is 2.76 bits per heavy atom. The first kappa shape index (κ1) is 20.5. The van der Waals surface area contributed by atoms with Gasteiger partial charge in [0.1, 0.15) is 5.75 Å². The van der Waals surface area contributed by atoms with Gasteiger partial charge in [-0.25, -0.2) is 0 Å². The third kappa shape index (κ3) is 5.63. The van der Waals surface area contributed by atoms with Crippen molar-refractivity contribution in [3.05, 3.63) is 53.6 Å². The van der Waals surface area contributed by atoms with Crippen molar-refractivity contribution in [2.45, 2.75) is 32.2 Å². The van der Waals surface area contributed by atoms with E-state index >= 15 is 0 Å². The molecule has 0 aliphatic carbocycles. The van der Waals surface area contributed by atoms with Gasteiger partial charge in [0.2, 0.25) is 12.7 Å². The summed E-state index contributed by atoms with van der Waals surface area (Å²) in [6.07, 6.45) is 0.881. The molecule has 7 heteroatoms. The van der Waals surface area contributed by atoms with Gasteiger partial charge in [-0.05, 0) is 48.7 Å². The number of amides is 1. The number of hydrogen-bond donors (Lipinski definition) is 1. The van der Waals surface area contributed by atoms with Crippen LogP contribution in [0.1, 0.15) is 36.9 Å². The van der Waals surface area contributed by atoms with Crippen molar-refractivity contribution in [3.63, 3.8) is 0 Å². The lowest BCUT2D eigenvalue weighted by Gasteiger charge is -2.19. The van der Waals surface area contributed by atoms with Gasteiger partial charge in [0.15, 0.2) is 11.5 Å². The van der Waals surface area contributed by atoms with E-state index in [0.29, 0.717) is 30.3 Å². The van der Waals surface area contributed by atoms with E-state index in [2.05, 4.69) is 5.32 Å². The number of methoxy groups -OCH3 is 1. The molecule has 1 aliphatic heterocycles. The predicted octanol–water partition coefficient (Wildman–Crippen LogP) is 3.17. The van der Waals surface area contributed by atoms with Crippen LogP contribution in [-0.2, 0) is 20.7 Å². The number of hydrogen-bond acceptors (Lipinski definition) is 6. The molecule has 7 nitrogen and oxygen atoms in total. The van der Waals surface area contributed by atoms with Gasteiger partial charge in [-0.1, -0.05) is 18.2 Å². The van der Waals surface area contributed by atoms with Crippen molar-refractivity contribution in [1.82, 2.24) is 5.32 Å². The maximum absolute atomic E-state index is 12.6. The van der Waals surface area contributed by atoms with Gasteiger partial charge in [0.25, 0.3) is 0 Å². The van der Waals surface area contributed by atoms with E-state index in [9.17, 15) is 9.59 Å². The molecule has 0 bridgehead atoms. The van der Waals surface area contributed by atoms with Gasteiger partial charge < -0.3 is 24.3 Å². The molecule has 1 atom stereocenters. The third-order valence-electron chi connectivity index (χ3n) is 4.59. The lowest BCUT2D eigenvalue weighted by Crippen LogP contribution is -2.30. The van der Waals surface area contributed by atoms with E-state index < -0.39 is 6.04 Å². The maximum Gasteiger partial charge on any atom is 0.308 e. The number of nitrogens with one attached hydrogen (secondary N) is 1. The van der Waals surface area contributed by atoms with Crippen molar-refractivity contribution in [2.24, 2.45) is 0 Å². The Balaban J connectivity index is 1.64. The number of carbonyl (C=O) groups is 2. The van der Waals surface area contributed by atoms with Crippen molar-refractivity contribution in [3.8, 4) is 17.2 Å². The third-order valence-corrected chi connectivity index (χ3v) is 4.59. The largest absolute Gasteiger partial charge is 0.497 e. The lowest BCUT2D eigenvalue weighted by atomic mass is 10.0. The van der Waals surface area contributed by atoms with Crippen molar-refractivity contribution in [2.75, 3.05) is 20.5 Å². The quantitative estimate of drug-likeness (QED) is 0.652. The number of fused-ring (bicyclic) bond motifs is 1. The van der Waals surface area contributed by atoms with Crippen molar-refractivity contribution in [1.29, 1.82) is 0 Å². The monoisotopic (exact) mass is 399 g/mol. The molecular formula is C22H25NO6. The molecule has 1 heterocycles. The van der Waals surface area contributed by atoms with E-state index in [1.807, 2.05) is 42.5 Å². The Bertz CT molecular complexity index is 866. The van der Waals surface area contributed by atoms with E-state index in [0.717, 1.165) is 11.1 Å². The molecule has 154 valence electrons. The highest BCUT2D eigenvalue weighted by Gasteiger charge is 2.20. The first-order valence-corrected chi connectivity index (χ1v) is 9.56. The highest BCUT2D eigenvalue weighted by molar-refractivity contribution is 5.78. The zero-order valence-electron chi connectivity index (χ0n) is 16.6. The summed E-state index contributed by atoms with van der Waals surface area (Å²) in [7, 11) is 1.57. The summed E-state index contributed by atoms with van der Waals surface area (Å²) in [6.45, 7) is 2.26. The number of carbonyl (C=O) groups excluding carboxylic acids is 2. The zero-order chi connectivity index (χ0) is 20.6. The lowest BCUT2D eigenvalue weighted by molar-refractivity contribution is -0.143. The van der Waals surface area contributed by atoms with Crippen LogP contribution < -0.4 is 19.5 Å². The second-order valence-corrected chi connectivity index (χ2v) is 6.59. The van der Waals surface area contributed by atoms with Crippen LogP contribution in [0, 0.1) is 0 Å². The fourth-order valence-electron chi connectivity index (χ4n) is 3.12. The number of benzene rings is 2. The first-order chi connectivity index (χ1) is 14.1. The average molecular weight is 399 g/mol. The zero-order valence-corrected chi connectivity index (χ0v) is 16.6. The Morgan fingerprint density at radius 1 is 1.14 bits per heavy atom. The molecule has 0 spiro atoms. The highest BCUT2D eigenvalue weighted by atomic mass is 16.7. The van der Waals surface area contributed by atoms with Gasteiger partial charge in [0, 0.05) is 6.42 Å². The van der Waals surface area contributed by atoms with E-state index in [1.165, 1.54) is 0 Å². The smallest absolute Gasteiger partial charge is 0.308 e. The second kappa shape index (κ2) is 9.82. The number of aryl methyl sites for hydroxylation is 1. The minimum absolute atomic E-state index is 0.0524. The Kier molecular flexibility index (Phi) is 6.94. The standard InChI is InChI=1S/C22H25NO6/c1-3-27-22(25)13-18(16-5-4-6-17(12-16)26-2)23-21(24)10-8-15-7-9-19-20(11-15)29-14-28-19/h4-7,9,11-12,18H,3,8,10,13-14H2,1-2H3,(H,23,24). The average Bonchev–Trinajstić information content (AvgIpc) is 3.20. The minimum atomic E-state index is -0.492. The molecule has 2 aromatic rings. The maximum atomic E-state index is 12.6. The van der Waals surface area contributed by atoms with Crippen molar-refractivity contribution >= 4 is 11.9 Å². The van der Waals surface area contributed by atoms with E-state index in [-0.39, 0.29) is 31.5 Å². The van der Waals surface area contributed by atoms with Crippen molar-refractivity contribution < 1.29 is 28.5 Å². The summed E-state index contributed by atoms with van der Waals surface area (Å²) in [6, 6.07) is 12.4. The topological polar surface area (TPSA) is 83.1 Å². The van der Waals surface area contributed by atoms with Crippen LogP contribution in [0.25, 0.3) is 0 Å². The summed E-state index contributed by atoms with van der Waals surface area (Å²) in [5.41, 5.74) is 1.77. The van der Waals surface area contributed by atoms with Crippen LogP contribution in [0.3, 0.4) is 0 Å². The molecule has 2 aromatic carbocycles. The summed E-state index contributed by atoms with van der Waals surface area (Å²) in [5.74, 6) is 1.55. The number of ether oxygens (including phenoxy) is 4. The van der Waals surface area contributed by atoms with Gasteiger partial charge in [-0.15, -0.1) is 0 Å². The molecule has 0 fully saturated rings. The van der Waals surface area contributed by atoms with Crippen LogP contribution in [0.4, 0.5) is 0 Å². The normalized spacial score (nSPS) is 12.9. The number of esters is 1. The molecule has 3 rings (SSSR count). The summed E-state index contributed by atoms with van der Waals surface area (Å²) < 4.78 is 21.0. The molecule has 1 unspecified atom stereocenters. The molecular weight excluding hydrogens is 374 g/mol. The molecule has 0 radical (unpaired) electrons. The van der Waals surface area contributed by atoms with Gasteiger partial charge >= 0.3 is 5.97 Å². The predicted molar refractivity (Wildman–Crippen MR) is 106 cm³/mol. The summed E-state index contributed by atoms with van der Waals surface area (Å²) in [4.78, 5) is 24.6. The minimum Gasteiger partial charge on any atom is -0.497 e. The van der Waals surface area contributed by atoms with Crippen LogP contribution in [0.15, 0.2) is 42.5 Å². The van der Waals surface area contributed by atoms with Crippen LogP contribution >= 0.6 is 0 Å². The molecule has 0 aromatic heterocycles. The molecule has 0 saturated carbocycles. The van der Waals surface area contributed by atoms with Crippen LogP contribution in [0.5, 0.6) is 17.2 Å². The van der Waals surface area contributed by atoms with E-state index in [4.69, 9.17) is 18.9 Å². The van der Waals surface area contributed by atoms with Crippen LogP contribution in [0.2, 0.25) is 0 Å². The fraction of sp³-hybridized carbons (Fsp3) is 0.364. The molecule has 1 N–H and O–H groups in total. The Labute approximate surface area is 169 Å². The second-order valence-electron chi connectivity index (χ2n) is 6.59. The van der Waals surface area contributed by atoms with Gasteiger partial charge in [0.05, 0.1) is 26.2 Å². The summed E-state index contributed by atoms with van der Waals surface area (Å²) in [5, 5.41) is 2.95. The molecule has 1 amide bonds. The molecule has 29 heavy (non-hydrogen) atoms. The fourth-order valence-corrected chi connectivity index (χ4v) is 3.12. The van der Waals surface area contributed by atoms with Gasteiger partial charge in [-0.2, -0.15) is 0 Å². The Morgan fingerprint density at radius 2 is 1.97 bits per heavy atom. The van der Waals surface area contributed by atoms with E-state index in [1.54, 1.807) is 14.0 Å². The van der Waals surface area contributed by atoms with Gasteiger partial charge in [-0.3, -0.25) is 9.59 Å². The highest BCUT2D eigenvalue weighted by Crippen LogP contribution is 2.32. The number of rotatable bonds is 9. The summed E-state index contributed by atoms with van der Waals surface area (Å²) >= 11 is 0. The molecule has 1 aliphatic rings. The Hall–Kier alpha value is -3.22. The SMILES string of the molecule is CCOC(=O)CC(NC(=O)CCc1ccc2c(c1)OCO2)c1cccc(OC)c1. The first-order valence-electron chi connectivity index (χ1n) is 9.56.